The lowest BCUT2D eigenvalue weighted by molar-refractivity contribution is 0.0963. The average Bonchev–Trinajstić information content (AvgIpc) is 2.96. The van der Waals surface area contributed by atoms with Gasteiger partial charge in [-0.1, -0.05) is 12.1 Å². The molecule has 2 aromatic rings. The number of imidazole rings is 1. The van der Waals surface area contributed by atoms with Gasteiger partial charge in [0.25, 0.3) is 5.91 Å². The lowest BCUT2D eigenvalue weighted by Gasteiger charge is -2.05. The van der Waals surface area contributed by atoms with E-state index >= 15 is 0 Å². The molecule has 0 aliphatic rings. The normalized spacial score (nSPS) is 10.4. The summed E-state index contributed by atoms with van der Waals surface area (Å²) in [5.74, 6) is 0.930. The zero-order chi connectivity index (χ0) is 13.5. The molecule has 0 saturated heterocycles. The van der Waals surface area contributed by atoms with E-state index < -0.39 is 0 Å². The first kappa shape index (κ1) is 13.3. The van der Waals surface area contributed by atoms with Crippen molar-refractivity contribution in [2.45, 2.75) is 13.0 Å². The molecule has 100 valence electrons. The molecule has 5 heteroatoms. The highest BCUT2D eigenvalue weighted by atomic mass is 16.1. The van der Waals surface area contributed by atoms with Crippen LogP contribution in [0.4, 0.5) is 0 Å². The maximum Gasteiger partial charge on any atom is 0.251 e. The summed E-state index contributed by atoms with van der Waals surface area (Å²) >= 11 is 0. The molecular formula is C14H18N4O. The van der Waals surface area contributed by atoms with Gasteiger partial charge >= 0.3 is 0 Å². The van der Waals surface area contributed by atoms with Crippen molar-refractivity contribution in [2.75, 3.05) is 13.6 Å². The minimum atomic E-state index is -0.0580. The van der Waals surface area contributed by atoms with E-state index in [-0.39, 0.29) is 5.91 Å². The van der Waals surface area contributed by atoms with Gasteiger partial charge in [0.1, 0.15) is 5.82 Å². The van der Waals surface area contributed by atoms with Gasteiger partial charge in [0.2, 0.25) is 0 Å². The number of nitrogens with one attached hydrogen (secondary N) is 3. The molecule has 1 aromatic carbocycles. The van der Waals surface area contributed by atoms with Crippen molar-refractivity contribution in [3.05, 3.63) is 53.6 Å². The summed E-state index contributed by atoms with van der Waals surface area (Å²) in [5.41, 5.74) is 1.84. The predicted molar refractivity (Wildman–Crippen MR) is 73.8 cm³/mol. The van der Waals surface area contributed by atoms with Crippen molar-refractivity contribution < 1.29 is 4.79 Å². The maximum absolute atomic E-state index is 11.4. The smallest absolute Gasteiger partial charge is 0.251 e. The second-order valence-electron chi connectivity index (χ2n) is 4.24. The fourth-order valence-corrected chi connectivity index (χ4v) is 1.79. The third-order valence-corrected chi connectivity index (χ3v) is 2.87. The van der Waals surface area contributed by atoms with E-state index in [0.717, 1.165) is 30.9 Å². The first-order valence-corrected chi connectivity index (χ1v) is 6.29. The Kier molecular flexibility index (Phi) is 4.69. The van der Waals surface area contributed by atoms with Crippen LogP contribution in [0.25, 0.3) is 0 Å². The Balaban J connectivity index is 1.75. The Bertz CT molecular complexity index is 505. The van der Waals surface area contributed by atoms with E-state index in [0.29, 0.717) is 5.56 Å². The molecule has 0 fully saturated rings. The van der Waals surface area contributed by atoms with Crippen LogP contribution in [-0.4, -0.2) is 29.5 Å². The Morgan fingerprint density at radius 2 is 2.11 bits per heavy atom. The second-order valence-corrected chi connectivity index (χ2v) is 4.24. The molecule has 1 heterocycles. The zero-order valence-corrected chi connectivity index (χ0v) is 10.9. The monoisotopic (exact) mass is 258 g/mol. The summed E-state index contributed by atoms with van der Waals surface area (Å²) in [6, 6.07) is 7.60. The number of rotatable bonds is 6. The molecule has 0 saturated carbocycles. The minimum Gasteiger partial charge on any atom is -0.355 e. The lowest BCUT2D eigenvalue weighted by Crippen LogP contribution is -2.19. The highest BCUT2D eigenvalue weighted by molar-refractivity contribution is 5.93. The number of aromatic amines is 1. The summed E-state index contributed by atoms with van der Waals surface area (Å²) in [6.45, 7) is 1.65. The van der Waals surface area contributed by atoms with Gasteiger partial charge in [-0.2, -0.15) is 0 Å². The quantitative estimate of drug-likeness (QED) is 0.680. The van der Waals surface area contributed by atoms with Crippen LogP contribution < -0.4 is 10.6 Å². The number of benzene rings is 1. The molecule has 0 radical (unpaired) electrons. The molecule has 5 nitrogen and oxygen atoms in total. The summed E-state index contributed by atoms with van der Waals surface area (Å²) in [5, 5.41) is 5.95. The second kappa shape index (κ2) is 6.70. The fraction of sp³-hybridized carbons (Fsp3) is 0.286. The minimum absolute atomic E-state index is 0.0580. The summed E-state index contributed by atoms with van der Waals surface area (Å²) < 4.78 is 0. The summed E-state index contributed by atoms with van der Waals surface area (Å²) in [4.78, 5) is 18.6. The third kappa shape index (κ3) is 3.93. The van der Waals surface area contributed by atoms with Crippen molar-refractivity contribution >= 4 is 5.91 Å². The number of carbonyl (C=O) groups excluding carboxylic acids is 1. The van der Waals surface area contributed by atoms with Gasteiger partial charge in [-0.15, -0.1) is 0 Å². The molecule has 1 aromatic heterocycles. The van der Waals surface area contributed by atoms with Crippen LogP contribution >= 0.6 is 0 Å². The lowest BCUT2D eigenvalue weighted by atomic mass is 10.1. The highest BCUT2D eigenvalue weighted by Gasteiger charge is 2.02. The van der Waals surface area contributed by atoms with Crippen LogP contribution in [0.1, 0.15) is 21.7 Å². The van der Waals surface area contributed by atoms with Crippen molar-refractivity contribution in [3.63, 3.8) is 0 Å². The average molecular weight is 258 g/mol. The third-order valence-electron chi connectivity index (χ3n) is 2.87. The van der Waals surface area contributed by atoms with Gasteiger partial charge in [0.05, 0.1) is 0 Å². The maximum atomic E-state index is 11.4. The van der Waals surface area contributed by atoms with Crippen LogP contribution in [0.3, 0.4) is 0 Å². The van der Waals surface area contributed by atoms with E-state index in [1.54, 1.807) is 13.2 Å². The Labute approximate surface area is 112 Å². The molecule has 0 atom stereocenters. The van der Waals surface area contributed by atoms with Gasteiger partial charge in [-0.3, -0.25) is 4.79 Å². The highest BCUT2D eigenvalue weighted by Crippen LogP contribution is 2.04. The van der Waals surface area contributed by atoms with Crippen LogP contribution in [0.5, 0.6) is 0 Å². The van der Waals surface area contributed by atoms with E-state index in [2.05, 4.69) is 20.6 Å². The first-order chi connectivity index (χ1) is 9.29. The number of hydrogen-bond acceptors (Lipinski definition) is 3. The van der Waals surface area contributed by atoms with Crippen molar-refractivity contribution in [3.8, 4) is 0 Å². The number of H-pyrrole nitrogens is 1. The molecule has 2 rings (SSSR count). The number of aromatic nitrogens is 2. The molecule has 0 bridgehead atoms. The van der Waals surface area contributed by atoms with Crippen molar-refractivity contribution in [1.29, 1.82) is 0 Å². The fourth-order valence-electron chi connectivity index (χ4n) is 1.79. The van der Waals surface area contributed by atoms with E-state index in [4.69, 9.17) is 0 Å². The van der Waals surface area contributed by atoms with E-state index in [1.165, 1.54) is 0 Å². The molecule has 0 aliphatic carbocycles. The number of hydrogen-bond donors (Lipinski definition) is 3. The Morgan fingerprint density at radius 3 is 2.74 bits per heavy atom. The van der Waals surface area contributed by atoms with Gasteiger partial charge < -0.3 is 15.6 Å². The first-order valence-electron chi connectivity index (χ1n) is 6.29. The molecule has 3 N–H and O–H groups in total. The van der Waals surface area contributed by atoms with Gasteiger partial charge in [-0.05, 0) is 17.7 Å². The van der Waals surface area contributed by atoms with Crippen LogP contribution in [0.15, 0.2) is 36.7 Å². The molecule has 0 aliphatic heterocycles. The van der Waals surface area contributed by atoms with Crippen LogP contribution in [-0.2, 0) is 13.0 Å². The standard InChI is InChI=1S/C14H18N4O/c1-15-14(19)12-4-2-11(3-5-12)10-16-7-6-13-17-8-9-18-13/h2-5,8-9,16H,6-7,10H2,1H3,(H,15,19)(H,17,18). The van der Waals surface area contributed by atoms with Gasteiger partial charge in [0.15, 0.2) is 0 Å². The zero-order valence-electron chi connectivity index (χ0n) is 10.9. The van der Waals surface area contributed by atoms with Crippen molar-refractivity contribution in [1.82, 2.24) is 20.6 Å². The topological polar surface area (TPSA) is 69.8 Å². The molecular weight excluding hydrogens is 240 g/mol. The Morgan fingerprint density at radius 1 is 1.32 bits per heavy atom. The molecule has 0 unspecified atom stereocenters. The molecule has 0 spiro atoms. The van der Waals surface area contributed by atoms with Crippen LogP contribution in [0.2, 0.25) is 0 Å². The van der Waals surface area contributed by atoms with Crippen molar-refractivity contribution in [2.24, 2.45) is 0 Å². The largest absolute Gasteiger partial charge is 0.355 e. The van der Waals surface area contributed by atoms with Gasteiger partial charge in [-0.25, -0.2) is 4.98 Å². The van der Waals surface area contributed by atoms with Gasteiger partial charge in [0, 0.05) is 44.5 Å². The van der Waals surface area contributed by atoms with E-state index in [1.807, 2.05) is 30.5 Å². The summed E-state index contributed by atoms with van der Waals surface area (Å²) in [7, 11) is 1.63. The SMILES string of the molecule is CNC(=O)c1ccc(CNCCc2ncc[nH]2)cc1. The van der Waals surface area contributed by atoms with Crippen LogP contribution in [0, 0.1) is 0 Å². The Hall–Kier alpha value is -2.14. The predicted octanol–water partition coefficient (Wildman–Crippen LogP) is 1.10. The molecule has 19 heavy (non-hydrogen) atoms. The number of nitrogens with zero attached hydrogens (tertiary/aromatic N) is 1. The number of carbonyl (C=O) groups is 1. The summed E-state index contributed by atoms with van der Waals surface area (Å²) in [6.07, 6.45) is 4.46. The molecule has 1 amide bonds. The van der Waals surface area contributed by atoms with E-state index in [9.17, 15) is 4.79 Å². The number of amides is 1.